The van der Waals surface area contributed by atoms with Gasteiger partial charge in [0.15, 0.2) is 17.7 Å². The van der Waals surface area contributed by atoms with Gasteiger partial charge in [0.05, 0.1) is 13.7 Å². The quantitative estimate of drug-likeness (QED) is 0.743. The van der Waals surface area contributed by atoms with Crippen LogP contribution in [0.1, 0.15) is 27.7 Å². The number of hydrogen-bond acceptors (Lipinski definition) is 7. The Morgan fingerprint density at radius 2 is 1.85 bits per heavy atom. The highest BCUT2D eigenvalue weighted by Crippen LogP contribution is 2.36. The van der Waals surface area contributed by atoms with Crippen LogP contribution in [-0.4, -0.2) is 60.8 Å². The van der Waals surface area contributed by atoms with Gasteiger partial charge in [-0.3, -0.25) is 0 Å². The highest BCUT2D eigenvalue weighted by molar-refractivity contribution is 5.75. The van der Waals surface area contributed by atoms with Crippen LogP contribution in [0.4, 0.5) is 0 Å². The minimum Gasteiger partial charge on any atom is -0.467 e. The van der Waals surface area contributed by atoms with Gasteiger partial charge >= 0.3 is 5.97 Å². The summed E-state index contributed by atoms with van der Waals surface area (Å²) in [4.78, 5) is 11.5. The van der Waals surface area contributed by atoms with Crippen LogP contribution in [-0.2, 0) is 28.5 Å². The molecule has 0 aromatic heterocycles. The molecule has 2 heterocycles. The lowest BCUT2D eigenvalue weighted by Gasteiger charge is -2.25. The second-order valence-electron chi connectivity index (χ2n) is 5.90. The number of aliphatic hydroxyl groups is 1. The third-order valence-corrected chi connectivity index (χ3v) is 3.31. The maximum absolute atomic E-state index is 11.5. The molecular weight excluding hydrogens is 268 g/mol. The number of carbonyl (C=O) groups excluding carboxylic acids is 1. The minimum atomic E-state index is -1.43. The Hall–Kier alpha value is -0.730. The molecule has 0 aliphatic carbocycles. The van der Waals surface area contributed by atoms with Gasteiger partial charge in [-0.15, -0.1) is 0 Å². The molecule has 7 heteroatoms. The summed E-state index contributed by atoms with van der Waals surface area (Å²) in [6, 6.07) is 0. The average Bonchev–Trinajstić information content (AvgIpc) is 2.86. The molecule has 0 saturated carbocycles. The Bertz CT molecular complexity index is 379. The zero-order valence-corrected chi connectivity index (χ0v) is 12.4. The molecule has 0 bridgehead atoms. The molecule has 0 spiro atoms. The lowest BCUT2D eigenvalue weighted by Crippen LogP contribution is -2.47. The van der Waals surface area contributed by atoms with E-state index in [1.165, 1.54) is 7.11 Å². The van der Waals surface area contributed by atoms with E-state index in [9.17, 15) is 9.90 Å². The van der Waals surface area contributed by atoms with Crippen molar-refractivity contribution in [3.8, 4) is 0 Å². The highest BCUT2D eigenvalue weighted by atomic mass is 16.8. The van der Waals surface area contributed by atoms with Gasteiger partial charge in [0.25, 0.3) is 0 Å². The summed E-state index contributed by atoms with van der Waals surface area (Å²) < 4.78 is 27.1. The van der Waals surface area contributed by atoms with E-state index in [-0.39, 0.29) is 0 Å². The largest absolute Gasteiger partial charge is 0.467 e. The molecule has 0 aromatic rings. The maximum Gasteiger partial charge on any atom is 0.337 e. The van der Waals surface area contributed by atoms with Crippen LogP contribution in [0.3, 0.4) is 0 Å². The number of hydrogen-bond donors (Lipinski definition) is 1. The van der Waals surface area contributed by atoms with Gasteiger partial charge in [-0.25, -0.2) is 4.79 Å². The molecule has 0 radical (unpaired) electrons. The summed E-state index contributed by atoms with van der Waals surface area (Å²) >= 11 is 0. The molecule has 2 aliphatic heterocycles. The second-order valence-corrected chi connectivity index (χ2v) is 5.90. The van der Waals surface area contributed by atoms with Crippen LogP contribution in [0.5, 0.6) is 0 Å². The van der Waals surface area contributed by atoms with Gasteiger partial charge < -0.3 is 28.8 Å². The molecule has 1 N–H and O–H groups in total. The third-order valence-electron chi connectivity index (χ3n) is 3.31. The summed E-state index contributed by atoms with van der Waals surface area (Å²) in [6.07, 6.45) is -3.32. The minimum absolute atomic E-state index is 0.307. The van der Waals surface area contributed by atoms with Crippen molar-refractivity contribution in [2.45, 2.75) is 63.7 Å². The fourth-order valence-corrected chi connectivity index (χ4v) is 2.48. The Labute approximate surface area is 118 Å². The Morgan fingerprint density at radius 3 is 2.35 bits per heavy atom. The molecule has 0 amide bonds. The van der Waals surface area contributed by atoms with E-state index in [0.29, 0.717) is 6.61 Å². The van der Waals surface area contributed by atoms with Crippen molar-refractivity contribution < 1.29 is 33.6 Å². The topological polar surface area (TPSA) is 83.5 Å². The predicted octanol–water partition coefficient (Wildman–Crippen LogP) is 0.192. The van der Waals surface area contributed by atoms with Crippen LogP contribution < -0.4 is 0 Å². The molecule has 4 atom stereocenters. The van der Waals surface area contributed by atoms with E-state index < -0.39 is 42.0 Å². The van der Waals surface area contributed by atoms with E-state index in [2.05, 4.69) is 4.74 Å². The van der Waals surface area contributed by atoms with Gasteiger partial charge in [0, 0.05) is 0 Å². The van der Waals surface area contributed by atoms with E-state index in [4.69, 9.17) is 18.9 Å². The molecule has 2 rings (SSSR count). The van der Waals surface area contributed by atoms with Crippen molar-refractivity contribution in [3.63, 3.8) is 0 Å². The van der Waals surface area contributed by atoms with Crippen LogP contribution in [0, 0.1) is 0 Å². The lowest BCUT2D eigenvalue weighted by atomic mass is 10.0. The number of ether oxygens (including phenoxy) is 5. The third kappa shape index (κ3) is 3.12. The standard InChI is InChI=1S/C13H22O7/c1-12(2)17-6-7(18-12)9-10(8(14)11(15)16-5)20-13(3,4)19-9/h7-10,14H,6H2,1-5H3/t7-,8-,9+,10+/m0/s1. The summed E-state index contributed by atoms with van der Waals surface area (Å²) in [7, 11) is 1.21. The smallest absolute Gasteiger partial charge is 0.337 e. The van der Waals surface area contributed by atoms with E-state index >= 15 is 0 Å². The molecule has 2 aliphatic rings. The van der Waals surface area contributed by atoms with Gasteiger partial charge in [-0.1, -0.05) is 0 Å². The van der Waals surface area contributed by atoms with E-state index in [1.54, 1.807) is 27.7 Å². The molecule has 2 saturated heterocycles. The van der Waals surface area contributed by atoms with Crippen molar-refractivity contribution in [1.82, 2.24) is 0 Å². The lowest BCUT2D eigenvalue weighted by molar-refractivity contribution is -0.176. The van der Waals surface area contributed by atoms with Crippen LogP contribution in [0.2, 0.25) is 0 Å². The first-order chi connectivity index (χ1) is 9.15. The van der Waals surface area contributed by atoms with Gasteiger partial charge in [0.2, 0.25) is 0 Å². The van der Waals surface area contributed by atoms with Gasteiger partial charge in [-0.05, 0) is 27.7 Å². The number of methoxy groups -OCH3 is 1. The zero-order valence-electron chi connectivity index (χ0n) is 12.4. The Balaban J connectivity index is 2.14. The molecule has 20 heavy (non-hydrogen) atoms. The van der Waals surface area contributed by atoms with Crippen LogP contribution >= 0.6 is 0 Å². The van der Waals surface area contributed by atoms with Crippen LogP contribution in [0.25, 0.3) is 0 Å². The van der Waals surface area contributed by atoms with E-state index in [0.717, 1.165) is 0 Å². The van der Waals surface area contributed by atoms with Gasteiger partial charge in [-0.2, -0.15) is 0 Å². The average molecular weight is 290 g/mol. The first-order valence-electron chi connectivity index (χ1n) is 6.58. The fraction of sp³-hybridized carbons (Fsp3) is 0.923. The first kappa shape index (κ1) is 15.7. The number of rotatable bonds is 3. The van der Waals surface area contributed by atoms with Crippen molar-refractivity contribution in [3.05, 3.63) is 0 Å². The number of aliphatic hydroxyl groups excluding tert-OH is 1. The Morgan fingerprint density at radius 1 is 1.20 bits per heavy atom. The number of carbonyl (C=O) groups is 1. The molecule has 116 valence electrons. The van der Waals surface area contributed by atoms with Crippen molar-refractivity contribution in [1.29, 1.82) is 0 Å². The normalized spacial score (nSPS) is 36.8. The SMILES string of the molecule is COC(=O)[C@@H](O)[C@H]1OC(C)(C)O[C@@H]1[C@@H]1COC(C)(C)O1. The summed E-state index contributed by atoms with van der Waals surface area (Å²) in [6.45, 7) is 7.32. The summed E-state index contributed by atoms with van der Waals surface area (Å²) in [5.41, 5.74) is 0. The van der Waals surface area contributed by atoms with Crippen molar-refractivity contribution in [2.24, 2.45) is 0 Å². The van der Waals surface area contributed by atoms with Crippen molar-refractivity contribution in [2.75, 3.05) is 13.7 Å². The first-order valence-corrected chi connectivity index (χ1v) is 6.58. The highest BCUT2D eigenvalue weighted by Gasteiger charge is 2.53. The van der Waals surface area contributed by atoms with Crippen LogP contribution in [0.15, 0.2) is 0 Å². The summed E-state index contributed by atoms with van der Waals surface area (Å²) in [5, 5.41) is 10.0. The molecule has 0 aromatic carbocycles. The Kier molecular flexibility index (Phi) is 4.10. The predicted molar refractivity (Wildman–Crippen MR) is 66.8 cm³/mol. The molecular formula is C13H22O7. The zero-order chi connectivity index (χ0) is 15.1. The molecule has 0 unspecified atom stereocenters. The maximum atomic E-state index is 11.5. The fourth-order valence-electron chi connectivity index (χ4n) is 2.48. The number of esters is 1. The molecule has 7 nitrogen and oxygen atoms in total. The second kappa shape index (κ2) is 5.23. The summed E-state index contributed by atoms with van der Waals surface area (Å²) in [5.74, 6) is -2.40. The monoisotopic (exact) mass is 290 g/mol. The molecule has 2 fully saturated rings. The van der Waals surface area contributed by atoms with Crippen molar-refractivity contribution >= 4 is 5.97 Å². The van der Waals surface area contributed by atoms with Gasteiger partial charge in [0.1, 0.15) is 18.3 Å². The van der Waals surface area contributed by atoms with E-state index in [1.807, 2.05) is 0 Å².